The summed E-state index contributed by atoms with van der Waals surface area (Å²) in [5.74, 6) is 0.222. The van der Waals surface area contributed by atoms with E-state index < -0.39 is 10.0 Å². The Morgan fingerprint density at radius 1 is 1.05 bits per heavy atom. The zero-order valence-electron chi connectivity index (χ0n) is 12.2. The van der Waals surface area contributed by atoms with E-state index in [0.29, 0.717) is 15.6 Å². The maximum absolute atomic E-state index is 12.3. The fourth-order valence-electron chi connectivity index (χ4n) is 2.15. The average molecular weight is 338 g/mol. The minimum absolute atomic E-state index is 0.110. The Hall–Kier alpha value is -0.290. The maximum atomic E-state index is 12.3. The molecule has 0 amide bonds. The van der Waals surface area contributed by atoms with Gasteiger partial charge in [-0.1, -0.05) is 57.0 Å². The van der Waals surface area contributed by atoms with Crippen molar-refractivity contribution < 1.29 is 8.42 Å². The molecule has 0 aliphatic heterocycles. The van der Waals surface area contributed by atoms with E-state index in [1.165, 1.54) is 0 Å². The number of rotatable bonds is 6. The van der Waals surface area contributed by atoms with E-state index >= 15 is 0 Å². The Morgan fingerprint density at radius 3 is 1.90 bits per heavy atom. The molecule has 0 radical (unpaired) electrons. The van der Waals surface area contributed by atoms with E-state index in [2.05, 4.69) is 4.72 Å². The van der Waals surface area contributed by atoms with Crippen LogP contribution < -0.4 is 4.72 Å². The molecule has 0 aromatic heterocycles. The first-order chi connectivity index (χ1) is 9.14. The van der Waals surface area contributed by atoms with E-state index in [1.54, 1.807) is 18.2 Å². The summed E-state index contributed by atoms with van der Waals surface area (Å²) in [5.41, 5.74) is 0.439. The first kappa shape index (κ1) is 17.8. The SMILES string of the molecule is CC(C)C(NS(=O)(=O)Cc1c(Cl)cccc1Cl)C(C)C. The summed E-state index contributed by atoms with van der Waals surface area (Å²) in [7, 11) is -3.49. The van der Waals surface area contributed by atoms with E-state index in [0.717, 1.165) is 0 Å². The van der Waals surface area contributed by atoms with Crippen molar-refractivity contribution in [1.29, 1.82) is 0 Å². The summed E-state index contributed by atoms with van der Waals surface area (Å²) in [6.07, 6.45) is 0. The van der Waals surface area contributed by atoms with Crippen LogP contribution in [0.15, 0.2) is 18.2 Å². The van der Waals surface area contributed by atoms with Crippen molar-refractivity contribution in [3.05, 3.63) is 33.8 Å². The van der Waals surface area contributed by atoms with Gasteiger partial charge in [-0.25, -0.2) is 13.1 Å². The number of hydrogen-bond acceptors (Lipinski definition) is 2. The van der Waals surface area contributed by atoms with Gasteiger partial charge in [-0.15, -0.1) is 0 Å². The van der Waals surface area contributed by atoms with Crippen LogP contribution in [0.2, 0.25) is 10.0 Å². The summed E-state index contributed by atoms with van der Waals surface area (Å²) < 4.78 is 27.3. The van der Waals surface area contributed by atoms with Crippen molar-refractivity contribution in [2.75, 3.05) is 0 Å². The Kier molecular flexibility index (Phi) is 6.32. The van der Waals surface area contributed by atoms with Gasteiger partial charge in [0.05, 0.1) is 5.75 Å². The summed E-state index contributed by atoms with van der Waals surface area (Å²) in [6.45, 7) is 7.98. The van der Waals surface area contributed by atoms with Gasteiger partial charge < -0.3 is 0 Å². The lowest BCUT2D eigenvalue weighted by atomic mass is 9.94. The summed E-state index contributed by atoms with van der Waals surface area (Å²) in [6, 6.07) is 4.86. The van der Waals surface area contributed by atoms with Gasteiger partial charge in [-0.3, -0.25) is 0 Å². The van der Waals surface area contributed by atoms with Gasteiger partial charge in [0.2, 0.25) is 10.0 Å². The van der Waals surface area contributed by atoms with Crippen LogP contribution in [0.1, 0.15) is 33.3 Å². The molecule has 0 saturated heterocycles. The first-order valence-electron chi connectivity index (χ1n) is 6.57. The molecule has 0 heterocycles. The third-order valence-electron chi connectivity index (χ3n) is 3.15. The lowest BCUT2D eigenvalue weighted by molar-refractivity contribution is 0.355. The molecule has 0 spiro atoms. The predicted octanol–water partition coefficient (Wildman–Crippen LogP) is 4.09. The van der Waals surface area contributed by atoms with Crippen molar-refractivity contribution in [2.45, 2.75) is 39.5 Å². The molecule has 0 atom stereocenters. The molecule has 0 aliphatic carbocycles. The van der Waals surface area contributed by atoms with Crippen molar-refractivity contribution >= 4 is 33.2 Å². The van der Waals surface area contributed by atoms with Gasteiger partial charge in [0.25, 0.3) is 0 Å². The Morgan fingerprint density at radius 2 is 1.50 bits per heavy atom. The quantitative estimate of drug-likeness (QED) is 0.849. The highest BCUT2D eigenvalue weighted by Gasteiger charge is 2.25. The lowest BCUT2D eigenvalue weighted by Gasteiger charge is -2.26. The molecule has 6 heteroatoms. The second-order valence-corrected chi connectivity index (χ2v) is 8.16. The van der Waals surface area contributed by atoms with Crippen molar-refractivity contribution in [3.63, 3.8) is 0 Å². The summed E-state index contributed by atoms with van der Waals surface area (Å²) in [4.78, 5) is 0. The van der Waals surface area contributed by atoms with Crippen molar-refractivity contribution in [3.8, 4) is 0 Å². The van der Waals surface area contributed by atoms with Crippen LogP contribution >= 0.6 is 23.2 Å². The zero-order valence-corrected chi connectivity index (χ0v) is 14.5. The van der Waals surface area contributed by atoms with E-state index in [4.69, 9.17) is 23.2 Å². The van der Waals surface area contributed by atoms with Gasteiger partial charge in [0.15, 0.2) is 0 Å². The normalized spacial score (nSPS) is 12.7. The average Bonchev–Trinajstić information content (AvgIpc) is 2.30. The third-order valence-corrected chi connectivity index (χ3v) is 5.16. The highest BCUT2D eigenvalue weighted by Crippen LogP contribution is 2.26. The smallest absolute Gasteiger partial charge is 0.212 e. The van der Waals surface area contributed by atoms with Crippen LogP contribution in [-0.2, 0) is 15.8 Å². The monoisotopic (exact) mass is 337 g/mol. The molecule has 1 rings (SSSR count). The maximum Gasteiger partial charge on any atom is 0.216 e. The fourth-order valence-corrected chi connectivity index (χ4v) is 4.57. The van der Waals surface area contributed by atoms with Crippen molar-refractivity contribution in [2.24, 2.45) is 11.8 Å². The highest BCUT2D eigenvalue weighted by atomic mass is 35.5. The number of hydrogen-bond donors (Lipinski definition) is 1. The third kappa shape index (κ3) is 4.92. The number of nitrogens with one attached hydrogen (secondary N) is 1. The molecular formula is C14H21Cl2NO2S. The van der Waals surface area contributed by atoms with Gasteiger partial charge >= 0.3 is 0 Å². The first-order valence-corrected chi connectivity index (χ1v) is 8.97. The molecule has 1 aromatic carbocycles. The lowest BCUT2D eigenvalue weighted by Crippen LogP contribution is -2.42. The van der Waals surface area contributed by atoms with E-state index in [1.807, 2.05) is 27.7 Å². The van der Waals surface area contributed by atoms with Crippen LogP contribution in [0.5, 0.6) is 0 Å². The molecule has 0 fully saturated rings. The molecule has 20 heavy (non-hydrogen) atoms. The number of halogens is 2. The molecule has 0 bridgehead atoms. The molecule has 0 aliphatic rings. The largest absolute Gasteiger partial charge is 0.216 e. The molecule has 1 aromatic rings. The summed E-state index contributed by atoms with van der Waals surface area (Å²) >= 11 is 12.0. The highest BCUT2D eigenvalue weighted by molar-refractivity contribution is 7.88. The molecule has 1 N–H and O–H groups in total. The van der Waals surface area contributed by atoms with Crippen LogP contribution in [0, 0.1) is 11.8 Å². The fraction of sp³-hybridized carbons (Fsp3) is 0.571. The van der Waals surface area contributed by atoms with Crippen LogP contribution in [0.25, 0.3) is 0 Å². The molecule has 0 unspecified atom stereocenters. The Bertz CT molecular complexity index is 528. The van der Waals surface area contributed by atoms with E-state index in [9.17, 15) is 8.42 Å². The van der Waals surface area contributed by atoms with Crippen LogP contribution in [0.4, 0.5) is 0 Å². The Balaban J connectivity index is 2.96. The predicted molar refractivity (Wildman–Crippen MR) is 85.7 cm³/mol. The minimum atomic E-state index is -3.49. The molecule has 0 saturated carbocycles. The topological polar surface area (TPSA) is 46.2 Å². The second-order valence-electron chi connectivity index (χ2n) is 5.59. The minimum Gasteiger partial charge on any atom is -0.212 e. The van der Waals surface area contributed by atoms with Crippen molar-refractivity contribution in [1.82, 2.24) is 4.72 Å². The number of benzene rings is 1. The van der Waals surface area contributed by atoms with Gasteiger partial charge in [-0.05, 0) is 24.0 Å². The summed E-state index contributed by atoms with van der Waals surface area (Å²) in [5, 5.41) is 0.738. The standard InChI is InChI=1S/C14H21Cl2NO2S/c1-9(2)14(10(3)4)17-20(18,19)8-11-12(15)6-5-7-13(11)16/h5-7,9-10,14,17H,8H2,1-4H3. The molecule has 114 valence electrons. The van der Waals surface area contributed by atoms with Gasteiger partial charge in [0.1, 0.15) is 0 Å². The second kappa shape index (κ2) is 7.12. The van der Waals surface area contributed by atoms with Crippen LogP contribution in [0.3, 0.4) is 0 Å². The van der Waals surface area contributed by atoms with E-state index in [-0.39, 0.29) is 23.6 Å². The van der Waals surface area contributed by atoms with Gasteiger partial charge in [0, 0.05) is 21.7 Å². The number of sulfonamides is 1. The van der Waals surface area contributed by atoms with Gasteiger partial charge in [-0.2, -0.15) is 0 Å². The molecular weight excluding hydrogens is 317 g/mol. The van der Waals surface area contributed by atoms with Crippen LogP contribution in [-0.4, -0.2) is 14.5 Å². The zero-order chi connectivity index (χ0) is 15.5. The Labute approximate surface area is 131 Å². The molecule has 3 nitrogen and oxygen atoms in total.